The number of carbonyl (C=O) groups excluding carboxylic acids is 1. The van der Waals surface area contributed by atoms with E-state index in [0.717, 1.165) is 17.9 Å². The normalized spacial score (nSPS) is 12.0. The molecule has 0 saturated carbocycles. The average molecular weight is 288 g/mol. The number of carbonyl (C=O) groups is 1. The van der Waals surface area contributed by atoms with Crippen LogP contribution in [0.1, 0.15) is 25.2 Å². The Bertz CT molecular complexity index is 609. The first kappa shape index (κ1) is 15.0. The second kappa shape index (κ2) is 6.88. The lowest BCUT2D eigenvalue weighted by Gasteiger charge is -2.15. The molecule has 1 unspecified atom stereocenters. The molecule has 0 aliphatic rings. The van der Waals surface area contributed by atoms with E-state index in [0.29, 0.717) is 12.3 Å². The maximum Gasteiger partial charge on any atom is 0.261 e. The van der Waals surface area contributed by atoms with Crippen molar-refractivity contribution in [1.29, 1.82) is 0 Å². The summed E-state index contributed by atoms with van der Waals surface area (Å²) in [6.07, 6.45) is 1.08. The molecule has 2 rings (SSSR count). The van der Waals surface area contributed by atoms with Gasteiger partial charge in [-0.1, -0.05) is 12.1 Å². The van der Waals surface area contributed by atoms with E-state index in [1.54, 1.807) is 13.3 Å². The molecule has 0 saturated heterocycles. The molecule has 6 heteroatoms. The molecule has 2 aromatic rings. The summed E-state index contributed by atoms with van der Waals surface area (Å²) in [4.78, 5) is 12.0. The minimum Gasteiger partial charge on any atom is -0.481 e. The van der Waals surface area contributed by atoms with Gasteiger partial charge in [0.05, 0.1) is 6.54 Å². The fraction of sp³-hybridized carbons (Fsp3) is 0.400. The van der Waals surface area contributed by atoms with Gasteiger partial charge in [0.25, 0.3) is 5.91 Å². The Kier molecular flexibility index (Phi) is 4.92. The highest BCUT2D eigenvalue weighted by Gasteiger charge is 2.15. The van der Waals surface area contributed by atoms with Crippen LogP contribution in [0.5, 0.6) is 5.75 Å². The van der Waals surface area contributed by atoms with Gasteiger partial charge in [0.15, 0.2) is 11.9 Å². The number of amides is 1. The Morgan fingerprint density at radius 3 is 3.00 bits per heavy atom. The summed E-state index contributed by atoms with van der Waals surface area (Å²) in [5.74, 6) is 1.24. The molecule has 0 spiro atoms. The molecule has 21 heavy (non-hydrogen) atoms. The van der Waals surface area contributed by atoms with Crippen LogP contribution < -0.4 is 10.1 Å². The predicted molar refractivity (Wildman–Crippen MR) is 78.8 cm³/mol. The van der Waals surface area contributed by atoms with Gasteiger partial charge in [-0.15, -0.1) is 10.2 Å². The molecular formula is C15H20N4O2. The molecule has 0 fully saturated rings. The fourth-order valence-electron chi connectivity index (χ4n) is 1.94. The van der Waals surface area contributed by atoms with Gasteiger partial charge >= 0.3 is 0 Å². The molecule has 0 bridgehead atoms. The zero-order valence-electron chi connectivity index (χ0n) is 12.5. The Morgan fingerprint density at radius 1 is 1.48 bits per heavy atom. The monoisotopic (exact) mass is 288 g/mol. The Labute approximate surface area is 124 Å². The molecule has 0 aliphatic carbocycles. The van der Waals surface area contributed by atoms with Gasteiger partial charge in [-0.25, -0.2) is 0 Å². The molecule has 1 aromatic carbocycles. The van der Waals surface area contributed by atoms with E-state index in [1.807, 2.05) is 42.7 Å². The summed E-state index contributed by atoms with van der Waals surface area (Å²) >= 11 is 0. The van der Waals surface area contributed by atoms with Crippen molar-refractivity contribution in [2.75, 3.05) is 0 Å². The molecule has 1 amide bonds. The van der Waals surface area contributed by atoms with E-state index < -0.39 is 6.10 Å². The van der Waals surface area contributed by atoms with Crippen LogP contribution in [0.25, 0.3) is 0 Å². The standard InChI is InChI=1S/C15H20N4O2/c1-4-19-10-17-18-14(19)9-16-15(20)12(3)21-13-7-5-6-11(2)8-13/h5-8,10,12H,4,9H2,1-3H3,(H,16,20). The molecule has 1 aromatic heterocycles. The minimum absolute atomic E-state index is 0.179. The number of benzene rings is 1. The zero-order valence-corrected chi connectivity index (χ0v) is 12.5. The lowest BCUT2D eigenvalue weighted by molar-refractivity contribution is -0.127. The second-order valence-electron chi connectivity index (χ2n) is 4.83. The molecule has 1 atom stereocenters. The third-order valence-electron chi connectivity index (χ3n) is 3.13. The highest BCUT2D eigenvalue weighted by Crippen LogP contribution is 2.14. The lowest BCUT2D eigenvalue weighted by atomic mass is 10.2. The van der Waals surface area contributed by atoms with Crippen molar-refractivity contribution < 1.29 is 9.53 Å². The van der Waals surface area contributed by atoms with Crippen molar-refractivity contribution in [2.24, 2.45) is 0 Å². The third-order valence-corrected chi connectivity index (χ3v) is 3.13. The summed E-state index contributed by atoms with van der Waals surface area (Å²) < 4.78 is 7.51. The molecule has 112 valence electrons. The SMILES string of the molecule is CCn1cnnc1CNC(=O)C(C)Oc1cccc(C)c1. The van der Waals surface area contributed by atoms with Crippen LogP contribution in [-0.4, -0.2) is 26.8 Å². The van der Waals surface area contributed by atoms with Crippen LogP contribution in [0, 0.1) is 6.92 Å². The molecule has 0 radical (unpaired) electrons. The van der Waals surface area contributed by atoms with Gasteiger partial charge in [-0.3, -0.25) is 4.79 Å². The smallest absolute Gasteiger partial charge is 0.261 e. The maximum absolute atomic E-state index is 12.0. The first-order chi connectivity index (χ1) is 10.1. The largest absolute Gasteiger partial charge is 0.481 e. The van der Waals surface area contributed by atoms with Crippen molar-refractivity contribution in [3.05, 3.63) is 42.0 Å². The number of hydrogen-bond acceptors (Lipinski definition) is 4. The van der Waals surface area contributed by atoms with Crippen molar-refractivity contribution in [3.8, 4) is 5.75 Å². The van der Waals surface area contributed by atoms with Crippen molar-refractivity contribution in [2.45, 2.75) is 40.0 Å². The highest BCUT2D eigenvalue weighted by atomic mass is 16.5. The summed E-state index contributed by atoms with van der Waals surface area (Å²) in [5.41, 5.74) is 1.09. The summed E-state index contributed by atoms with van der Waals surface area (Å²) in [6, 6.07) is 7.62. The predicted octanol–water partition coefficient (Wildman–Crippen LogP) is 1.69. The summed E-state index contributed by atoms with van der Waals surface area (Å²) in [5, 5.41) is 10.6. The van der Waals surface area contributed by atoms with Crippen LogP contribution in [0.2, 0.25) is 0 Å². The van der Waals surface area contributed by atoms with Gasteiger partial charge in [-0.05, 0) is 38.5 Å². The van der Waals surface area contributed by atoms with Gasteiger partial charge < -0.3 is 14.6 Å². The molecule has 0 aliphatic heterocycles. The van der Waals surface area contributed by atoms with Gasteiger partial charge in [0.2, 0.25) is 0 Å². The number of rotatable bonds is 6. The third kappa shape index (κ3) is 4.05. The number of aryl methyl sites for hydroxylation is 2. The van der Waals surface area contributed by atoms with Crippen LogP contribution in [0.15, 0.2) is 30.6 Å². The van der Waals surface area contributed by atoms with E-state index in [1.165, 1.54) is 0 Å². The van der Waals surface area contributed by atoms with E-state index >= 15 is 0 Å². The number of nitrogens with one attached hydrogen (secondary N) is 1. The number of hydrogen-bond donors (Lipinski definition) is 1. The average Bonchev–Trinajstić information content (AvgIpc) is 2.92. The van der Waals surface area contributed by atoms with Crippen LogP contribution in [-0.2, 0) is 17.9 Å². The number of ether oxygens (including phenoxy) is 1. The number of nitrogens with zero attached hydrogens (tertiary/aromatic N) is 3. The van der Waals surface area contributed by atoms with Crippen molar-refractivity contribution in [1.82, 2.24) is 20.1 Å². The molecule has 1 N–H and O–H groups in total. The molecular weight excluding hydrogens is 268 g/mol. The Balaban J connectivity index is 1.88. The first-order valence-corrected chi connectivity index (χ1v) is 6.98. The van der Waals surface area contributed by atoms with Gasteiger partial charge in [-0.2, -0.15) is 0 Å². The summed E-state index contributed by atoms with van der Waals surface area (Å²) in [6.45, 7) is 6.82. The number of aromatic nitrogens is 3. The van der Waals surface area contributed by atoms with Gasteiger partial charge in [0.1, 0.15) is 12.1 Å². The highest BCUT2D eigenvalue weighted by molar-refractivity contribution is 5.80. The van der Waals surface area contributed by atoms with Crippen LogP contribution in [0.4, 0.5) is 0 Å². The summed E-state index contributed by atoms with van der Waals surface area (Å²) in [7, 11) is 0. The van der Waals surface area contributed by atoms with Crippen LogP contribution in [0.3, 0.4) is 0 Å². The minimum atomic E-state index is -0.565. The zero-order chi connectivity index (χ0) is 15.2. The fourth-order valence-corrected chi connectivity index (χ4v) is 1.94. The van der Waals surface area contributed by atoms with E-state index in [-0.39, 0.29) is 5.91 Å². The van der Waals surface area contributed by atoms with E-state index in [2.05, 4.69) is 15.5 Å². The Hall–Kier alpha value is -2.37. The first-order valence-electron chi connectivity index (χ1n) is 6.98. The van der Waals surface area contributed by atoms with E-state index in [4.69, 9.17) is 4.74 Å². The van der Waals surface area contributed by atoms with Crippen LogP contribution >= 0.6 is 0 Å². The van der Waals surface area contributed by atoms with Gasteiger partial charge in [0, 0.05) is 6.54 Å². The topological polar surface area (TPSA) is 69.0 Å². The quantitative estimate of drug-likeness (QED) is 0.878. The van der Waals surface area contributed by atoms with Crippen molar-refractivity contribution in [3.63, 3.8) is 0 Å². The van der Waals surface area contributed by atoms with Crippen molar-refractivity contribution >= 4 is 5.91 Å². The second-order valence-corrected chi connectivity index (χ2v) is 4.83. The maximum atomic E-state index is 12.0. The Morgan fingerprint density at radius 2 is 2.29 bits per heavy atom. The molecule has 1 heterocycles. The molecule has 6 nitrogen and oxygen atoms in total. The lowest BCUT2D eigenvalue weighted by Crippen LogP contribution is -2.36. The van der Waals surface area contributed by atoms with E-state index in [9.17, 15) is 4.79 Å².